The standard InChI is InChI=1S/C24H21N3O3/c28-22(27-18-6-7-21(26-14-18)16-4-2-1-3-5-16)17-8-11-24(12-9-17)20-15-25-13-10-19(20)23(29)30-24/h1-7,10,13-15,17H,8-9,11-12H2,(H,27,28)/t17-,24+. The van der Waals surface area contributed by atoms with Crippen molar-refractivity contribution in [1.29, 1.82) is 0 Å². The number of nitrogens with one attached hydrogen (secondary N) is 1. The normalized spacial score (nSPS) is 22.4. The first kappa shape index (κ1) is 18.5. The van der Waals surface area contributed by atoms with Crippen LogP contribution >= 0.6 is 0 Å². The number of nitrogens with zero attached hydrogens (tertiary/aromatic N) is 2. The molecule has 0 bridgehead atoms. The molecule has 30 heavy (non-hydrogen) atoms. The van der Waals surface area contributed by atoms with Crippen LogP contribution in [0.4, 0.5) is 5.69 Å². The fourth-order valence-electron chi connectivity index (χ4n) is 4.43. The van der Waals surface area contributed by atoms with Gasteiger partial charge in [0.15, 0.2) is 0 Å². The lowest BCUT2D eigenvalue weighted by molar-refractivity contribution is -0.122. The van der Waals surface area contributed by atoms with E-state index in [0.29, 0.717) is 36.9 Å². The van der Waals surface area contributed by atoms with E-state index in [-0.39, 0.29) is 17.8 Å². The van der Waals surface area contributed by atoms with E-state index in [1.807, 2.05) is 42.5 Å². The summed E-state index contributed by atoms with van der Waals surface area (Å²) in [6.07, 6.45) is 7.58. The largest absolute Gasteiger partial charge is 0.450 e. The quantitative estimate of drug-likeness (QED) is 0.663. The van der Waals surface area contributed by atoms with Gasteiger partial charge >= 0.3 is 5.97 Å². The Hall–Kier alpha value is -3.54. The van der Waals surface area contributed by atoms with Crippen molar-refractivity contribution in [2.24, 2.45) is 5.92 Å². The summed E-state index contributed by atoms with van der Waals surface area (Å²) >= 11 is 0. The maximum Gasteiger partial charge on any atom is 0.339 e. The van der Waals surface area contributed by atoms with Gasteiger partial charge in [0, 0.05) is 29.4 Å². The van der Waals surface area contributed by atoms with E-state index in [1.54, 1.807) is 24.7 Å². The van der Waals surface area contributed by atoms with E-state index in [1.165, 1.54) is 0 Å². The third-order valence-electron chi connectivity index (χ3n) is 6.08. The Morgan fingerprint density at radius 1 is 1.03 bits per heavy atom. The van der Waals surface area contributed by atoms with Crippen LogP contribution in [0.5, 0.6) is 0 Å². The minimum atomic E-state index is -0.629. The molecule has 5 rings (SSSR count). The van der Waals surface area contributed by atoms with E-state index >= 15 is 0 Å². The summed E-state index contributed by atoms with van der Waals surface area (Å²) in [6.45, 7) is 0. The number of fused-ring (bicyclic) bond motifs is 2. The molecular weight excluding hydrogens is 378 g/mol. The summed E-state index contributed by atoms with van der Waals surface area (Å²) < 4.78 is 5.74. The number of benzene rings is 1. The second-order valence-electron chi connectivity index (χ2n) is 7.87. The maximum atomic E-state index is 12.8. The summed E-state index contributed by atoms with van der Waals surface area (Å²) in [4.78, 5) is 33.6. The van der Waals surface area contributed by atoms with Gasteiger partial charge in [-0.3, -0.25) is 14.8 Å². The van der Waals surface area contributed by atoms with Gasteiger partial charge in [-0.25, -0.2) is 4.79 Å². The van der Waals surface area contributed by atoms with Crippen molar-refractivity contribution in [3.63, 3.8) is 0 Å². The first-order valence-corrected chi connectivity index (χ1v) is 10.1. The van der Waals surface area contributed by atoms with Crippen molar-refractivity contribution in [2.45, 2.75) is 31.3 Å². The van der Waals surface area contributed by atoms with E-state index in [4.69, 9.17) is 4.74 Å². The predicted octanol–water partition coefficient (Wildman–Crippen LogP) is 4.34. The molecule has 1 N–H and O–H groups in total. The first-order chi connectivity index (χ1) is 14.6. The molecule has 3 heterocycles. The number of carbonyl (C=O) groups excluding carboxylic acids is 2. The monoisotopic (exact) mass is 399 g/mol. The molecule has 0 atom stereocenters. The number of rotatable bonds is 3. The van der Waals surface area contributed by atoms with Crippen molar-refractivity contribution >= 4 is 17.6 Å². The minimum absolute atomic E-state index is 0.0187. The Balaban J connectivity index is 1.23. The second kappa shape index (κ2) is 7.37. The first-order valence-electron chi connectivity index (χ1n) is 10.1. The average molecular weight is 399 g/mol. The Bertz CT molecular complexity index is 1090. The number of esters is 1. The van der Waals surface area contributed by atoms with Crippen LogP contribution in [0.3, 0.4) is 0 Å². The summed E-state index contributed by atoms with van der Waals surface area (Å²) in [6, 6.07) is 15.4. The lowest BCUT2D eigenvalue weighted by atomic mass is 9.75. The molecule has 6 nitrogen and oxygen atoms in total. The van der Waals surface area contributed by atoms with E-state index < -0.39 is 5.60 Å². The molecule has 1 aliphatic carbocycles. The molecule has 3 aromatic rings. The molecule has 0 unspecified atom stereocenters. The fraction of sp³-hybridized carbons (Fsp3) is 0.250. The van der Waals surface area contributed by atoms with Gasteiger partial charge in [0.1, 0.15) is 5.60 Å². The minimum Gasteiger partial charge on any atom is -0.450 e. The SMILES string of the molecule is O=C1O[C@]2(CC[C@@H](C(=O)Nc3ccc(-c4ccccc4)nc3)CC2)c2cnccc21. The van der Waals surface area contributed by atoms with Crippen LogP contribution in [-0.2, 0) is 15.1 Å². The number of hydrogen-bond acceptors (Lipinski definition) is 5. The zero-order valence-corrected chi connectivity index (χ0v) is 16.4. The number of ether oxygens (including phenoxy) is 1. The van der Waals surface area contributed by atoms with Crippen LogP contribution in [0.1, 0.15) is 41.6 Å². The predicted molar refractivity (Wildman–Crippen MR) is 112 cm³/mol. The van der Waals surface area contributed by atoms with Crippen LogP contribution in [0.2, 0.25) is 0 Å². The van der Waals surface area contributed by atoms with Gasteiger partial charge in [0.25, 0.3) is 0 Å². The molecule has 1 aliphatic heterocycles. The topological polar surface area (TPSA) is 81.2 Å². The van der Waals surface area contributed by atoms with E-state index in [9.17, 15) is 9.59 Å². The molecule has 0 saturated heterocycles. The zero-order chi connectivity index (χ0) is 20.6. The summed E-state index contributed by atoms with van der Waals surface area (Å²) in [5.41, 5.74) is 3.40. The molecule has 1 saturated carbocycles. The number of hydrogen-bond donors (Lipinski definition) is 1. The second-order valence-corrected chi connectivity index (χ2v) is 7.87. The van der Waals surface area contributed by atoms with Gasteiger partial charge in [0.05, 0.1) is 23.1 Å². The Morgan fingerprint density at radius 2 is 1.83 bits per heavy atom. The summed E-state index contributed by atoms with van der Waals surface area (Å²) in [5, 5.41) is 2.98. The third-order valence-corrected chi connectivity index (χ3v) is 6.08. The molecule has 2 aliphatic rings. The molecule has 1 spiro atoms. The number of amides is 1. The van der Waals surface area contributed by atoms with Gasteiger partial charge in [0.2, 0.25) is 5.91 Å². The molecule has 2 aromatic heterocycles. The van der Waals surface area contributed by atoms with Crippen molar-refractivity contribution in [3.05, 3.63) is 78.2 Å². The smallest absolute Gasteiger partial charge is 0.339 e. The van der Waals surface area contributed by atoms with Gasteiger partial charge in [-0.15, -0.1) is 0 Å². The molecule has 1 fully saturated rings. The highest BCUT2D eigenvalue weighted by Crippen LogP contribution is 2.47. The van der Waals surface area contributed by atoms with Crippen molar-refractivity contribution in [3.8, 4) is 11.3 Å². The zero-order valence-electron chi connectivity index (χ0n) is 16.4. The van der Waals surface area contributed by atoms with Crippen LogP contribution in [0.25, 0.3) is 11.3 Å². The van der Waals surface area contributed by atoms with Crippen molar-refractivity contribution < 1.29 is 14.3 Å². The lowest BCUT2D eigenvalue weighted by Crippen LogP contribution is -2.36. The number of carbonyl (C=O) groups is 2. The van der Waals surface area contributed by atoms with Crippen LogP contribution in [-0.4, -0.2) is 21.8 Å². The van der Waals surface area contributed by atoms with Crippen LogP contribution < -0.4 is 5.32 Å². The van der Waals surface area contributed by atoms with Crippen molar-refractivity contribution in [2.75, 3.05) is 5.32 Å². The summed E-state index contributed by atoms with van der Waals surface area (Å²) in [7, 11) is 0. The Kier molecular flexibility index (Phi) is 4.54. The average Bonchev–Trinajstić information content (AvgIpc) is 3.07. The van der Waals surface area contributed by atoms with Crippen LogP contribution in [0, 0.1) is 5.92 Å². The van der Waals surface area contributed by atoms with Crippen molar-refractivity contribution in [1.82, 2.24) is 9.97 Å². The van der Waals surface area contributed by atoms with Gasteiger partial charge in [-0.1, -0.05) is 30.3 Å². The third kappa shape index (κ3) is 3.24. The fourth-order valence-corrected chi connectivity index (χ4v) is 4.43. The lowest BCUT2D eigenvalue weighted by Gasteiger charge is -2.35. The van der Waals surface area contributed by atoms with Crippen LogP contribution in [0.15, 0.2) is 67.1 Å². The molecule has 0 radical (unpaired) electrons. The molecule has 1 amide bonds. The number of pyridine rings is 2. The number of aromatic nitrogens is 2. The van der Waals surface area contributed by atoms with E-state index in [0.717, 1.165) is 16.8 Å². The van der Waals surface area contributed by atoms with Gasteiger partial charge < -0.3 is 10.1 Å². The highest BCUT2D eigenvalue weighted by atomic mass is 16.6. The number of anilines is 1. The van der Waals surface area contributed by atoms with Gasteiger partial charge in [-0.2, -0.15) is 0 Å². The Morgan fingerprint density at radius 3 is 2.57 bits per heavy atom. The van der Waals surface area contributed by atoms with E-state index in [2.05, 4.69) is 15.3 Å². The molecular formula is C24H21N3O3. The molecule has 6 heteroatoms. The summed E-state index contributed by atoms with van der Waals surface area (Å²) in [5.74, 6) is -0.432. The molecule has 150 valence electrons. The Labute approximate surface area is 174 Å². The highest BCUT2D eigenvalue weighted by Gasteiger charge is 2.48. The maximum absolute atomic E-state index is 12.8. The highest BCUT2D eigenvalue weighted by molar-refractivity contribution is 5.95. The molecule has 1 aromatic carbocycles. The van der Waals surface area contributed by atoms with Gasteiger partial charge in [-0.05, 0) is 43.9 Å².